The molecule has 4 rings (SSSR count). The molecule has 0 bridgehead atoms. The Labute approximate surface area is 175 Å². The summed E-state index contributed by atoms with van der Waals surface area (Å²) in [6, 6.07) is 4.66. The lowest BCUT2D eigenvalue weighted by Gasteiger charge is -2.39. The summed E-state index contributed by atoms with van der Waals surface area (Å²) in [5.41, 5.74) is -0.838. The van der Waals surface area contributed by atoms with Gasteiger partial charge >= 0.3 is 6.18 Å². The minimum Gasteiger partial charge on any atom is -0.349 e. The highest BCUT2D eigenvalue weighted by molar-refractivity contribution is 5.82. The molecule has 30 heavy (non-hydrogen) atoms. The molecule has 0 radical (unpaired) electrons. The lowest BCUT2D eigenvalue weighted by Crippen LogP contribution is -2.56. The van der Waals surface area contributed by atoms with Crippen molar-refractivity contribution in [3.63, 3.8) is 0 Å². The number of carbonyl (C=O) groups excluding carboxylic acids is 2. The van der Waals surface area contributed by atoms with Gasteiger partial charge in [-0.2, -0.15) is 13.2 Å². The van der Waals surface area contributed by atoms with Crippen LogP contribution in [-0.4, -0.2) is 28.3 Å². The van der Waals surface area contributed by atoms with Crippen LogP contribution >= 0.6 is 0 Å². The number of benzene rings is 1. The first-order chi connectivity index (χ1) is 14.2. The number of nitrogens with zero attached hydrogens (tertiary/aromatic N) is 1. The third-order valence-electron chi connectivity index (χ3n) is 7.14. The van der Waals surface area contributed by atoms with Crippen molar-refractivity contribution >= 4 is 11.8 Å². The van der Waals surface area contributed by atoms with Gasteiger partial charge in [-0.05, 0) is 56.7 Å². The molecule has 7 heteroatoms. The van der Waals surface area contributed by atoms with Gasteiger partial charge in [0, 0.05) is 12.3 Å². The van der Waals surface area contributed by atoms with Crippen LogP contribution in [0.5, 0.6) is 0 Å². The van der Waals surface area contributed by atoms with Crippen molar-refractivity contribution in [2.75, 3.05) is 0 Å². The number of nitrogens with one attached hydrogen (secondary N) is 1. The van der Waals surface area contributed by atoms with E-state index < -0.39 is 23.3 Å². The predicted molar refractivity (Wildman–Crippen MR) is 106 cm³/mol. The summed E-state index contributed by atoms with van der Waals surface area (Å²) in [4.78, 5) is 27.8. The van der Waals surface area contributed by atoms with Crippen LogP contribution in [0.1, 0.15) is 81.9 Å². The average Bonchev–Trinajstić information content (AvgIpc) is 3.30. The molecular formula is C23H29F3N2O2. The van der Waals surface area contributed by atoms with Crippen molar-refractivity contribution < 1.29 is 22.8 Å². The number of hydrogen-bond acceptors (Lipinski definition) is 2. The summed E-state index contributed by atoms with van der Waals surface area (Å²) in [6.07, 6.45) is 2.49. The molecule has 1 saturated carbocycles. The molecule has 3 atom stereocenters. The van der Waals surface area contributed by atoms with Crippen molar-refractivity contribution in [3.8, 4) is 0 Å². The number of halogens is 3. The van der Waals surface area contributed by atoms with Crippen molar-refractivity contribution in [1.82, 2.24) is 10.2 Å². The fourth-order valence-electron chi connectivity index (χ4n) is 5.65. The monoisotopic (exact) mass is 422 g/mol. The first-order valence-electron chi connectivity index (χ1n) is 11.0. The molecule has 1 aliphatic carbocycles. The maximum absolute atomic E-state index is 13.6. The van der Waals surface area contributed by atoms with E-state index >= 15 is 0 Å². The Morgan fingerprint density at radius 1 is 1.13 bits per heavy atom. The topological polar surface area (TPSA) is 49.4 Å². The fourth-order valence-corrected chi connectivity index (χ4v) is 5.65. The first-order valence-corrected chi connectivity index (χ1v) is 11.0. The summed E-state index contributed by atoms with van der Waals surface area (Å²) in [5.74, 6) is -0.0691. The van der Waals surface area contributed by atoms with Crippen LogP contribution in [0.15, 0.2) is 24.3 Å². The largest absolute Gasteiger partial charge is 0.416 e. The van der Waals surface area contributed by atoms with Crippen molar-refractivity contribution in [2.24, 2.45) is 5.92 Å². The summed E-state index contributed by atoms with van der Waals surface area (Å²) in [6.45, 7) is 1.95. The summed E-state index contributed by atoms with van der Waals surface area (Å²) in [5, 5.41) is 3.12. The molecule has 2 amide bonds. The van der Waals surface area contributed by atoms with E-state index in [1.165, 1.54) is 12.1 Å². The Morgan fingerprint density at radius 2 is 1.83 bits per heavy atom. The van der Waals surface area contributed by atoms with Crippen molar-refractivity contribution in [2.45, 2.75) is 88.5 Å². The van der Waals surface area contributed by atoms with Gasteiger partial charge in [0.25, 0.3) is 0 Å². The van der Waals surface area contributed by atoms with E-state index in [0.717, 1.165) is 51.0 Å². The predicted octanol–water partition coefficient (Wildman–Crippen LogP) is 4.99. The van der Waals surface area contributed by atoms with Crippen LogP contribution in [0.2, 0.25) is 0 Å². The molecule has 164 valence electrons. The zero-order valence-corrected chi connectivity index (χ0v) is 17.3. The number of rotatable bonds is 2. The van der Waals surface area contributed by atoms with Gasteiger partial charge in [0.2, 0.25) is 11.8 Å². The number of alkyl halides is 3. The third kappa shape index (κ3) is 3.95. The van der Waals surface area contributed by atoms with Gasteiger partial charge in [-0.1, -0.05) is 31.4 Å². The summed E-state index contributed by atoms with van der Waals surface area (Å²) >= 11 is 0. The Hall–Kier alpha value is -2.05. The average molecular weight is 422 g/mol. The molecule has 0 spiro atoms. The van der Waals surface area contributed by atoms with Gasteiger partial charge < -0.3 is 10.2 Å². The third-order valence-corrected chi connectivity index (χ3v) is 7.14. The van der Waals surface area contributed by atoms with Crippen LogP contribution in [0.3, 0.4) is 0 Å². The maximum Gasteiger partial charge on any atom is 0.416 e. The quantitative estimate of drug-likeness (QED) is 0.730. The molecule has 1 aromatic carbocycles. The van der Waals surface area contributed by atoms with Crippen LogP contribution in [0, 0.1) is 5.92 Å². The van der Waals surface area contributed by atoms with Crippen molar-refractivity contribution in [1.29, 1.82) is 0 Å². The van der Waals surface area contributed by atoms with Gasteiger partial charge in [-0.25, -0.2) is 0 Å². The number of carbonyl (C=O) groups is 2. The smallest absolute Gasteiger partial charge is 0.349 e. The molecule has 0 aromatic heterocycles. The molecule has 0 unspecified atom stereocenters. The summed E-state index contributed by atoms with van der Waals surface area (Å²) < 4.78 is 40.0. The highest BCUT2D eigenvalue weighted by Gasteiger charge is 2.53. The zero-order valence-electron chi connectivity index (χ0n) is 17.3. The van der Waals surface area contributed by atoms with Crippen LogP contribution < -0.4 is 5.32 Å². The number of hydrogen-bond donors (Lipinski definition) is 1. The van der Waals surface area contributed by atoms with Gasteiger partial charge in [0.1, 0.15) is 0 Å². The second-order valence-corrected chi connectivity index (χ2v) is 9.30. The standard InChI is InChI=1S/C23H29F3N2O2/c1-22-14-18(16-9-6-10-17(13-16)23(24,25)26)28(21(30)15-7-2-3-8-15)19(22)11-4-5-12-20(29)27-22/h6,9-10,13,15,18-19H,2-5,7-8,11-12,14H2,1H3,(H,27,29)/t18-,19-,22-/m0/s1. The van der Waals surface area contributed by atoms with E-state index in [1.807, 2.05) is 11.8 Å². The van der Waals surface area contributed by atoms with E-state index in [-0.39, 0.29) is 23.8 Å². The second kappa shape index (κ2) is 7.89. The second-order valence-electron chi connectivity index (χ2n) is 9.30. The number of fused-ring (bicyclic) bond motifs is 1. The Kier molecular flexibility index (Phi) is 5.58. The van der Waals surface area contributed by atoms with Crippen LogP contribution in [0.4, 0.5) is 13.2 Å². The van der Waals surface area contributed by atoms with Gasteiger partial charge in [-0.15, -0.1) is 0 Å². The Balaban J connectivity index is 1.75. The highest BCUT2D eigenvalue weighted by Crippen LogP contribution is 2.47. The van der Waals surface area contributed by atoms with Crippen LogP contribution in [-0.2, 0) is 15.8 Å². The van der Waals surface area contributed by atoms with E-state index in [9.17, 15) is 22.8 Å². The molecule has 4 nitrogen and oxygen atoms in total. The van der Waals surface area contributed by atoms with E-state index in [1.54, 1.807) is 6.07 Å². The highest BCUT2D eigenvalue weighted by atomic mass is 19.4. The zero-order chi connectivity index (χ0) is 21.5. The Bertz CT molecular complexity index is 819. The lowest BCUT2D eigenvalue weighted by molar-refractivity contribution is -0.140. The van der Waals surface area contributed by atoms with E-state index in [2.05, 4.69) is 5.32 Å². The van der Waals surface area contributed by atoms with E-state index in [4.69, 9.17) is 0 Å². The molecule has 3 aliphatic rings. The molecule has 1 N–H and O–H groups in total. The van der Waals surface area contributed by atoms with E-state index in [0.29, 0.717) is 18.4 Å². The molecule has 2 saturated heterocycles. The maximum atomic E-state index is 13.6. The molecule has 2 heterocycles. The minimum atomic E-state index is -4.44. The number of amides is 2. The van der Waals surface area contributed by atoms with Gasteiger partial charge in [-0.3, -0.25) is 9.59 Å². The summed E-state index contributed by atoms with van der Waals surface area (Å²) in [7, 11) is 0. The molecule has 2 aliphatic heterocycles. The fraction of sp³-hybridized carbons (Fsp3) is 0.652. The lowest BCUT2D eigenvalue weighted by atomic mass is 9.85. The Morgan fingerprint density at radius 3 is 2.53 bits per heavy atom. The van der Waals surface area contributed by atoms with Gasteiger partial charge in [0.15, 0.2) is 0 Å². The number of likely N-dealkylation sites (tertiary alicyclic amines) is 1. The van der Waals surface area contributed by atoms with Gasteiger partial charge in [0.05, 0.1) is 23.2 Å². The molecular weight excluding hydrogens is 393 g/mol. The van der Waals surface area contributed by atoms with Crippen molar-refractivity contribution in [3.05, 3.63) is 35.4 Å². The SMILES string of the molecule is C[C@]12C[C@@H](c3cccc(C(F)(F)F)c3)N(C(=O)C3CCCC3)[C@H]1CCCCC(=O)N2. The molecule has 3 fully saturated rings. The minimum absolute atomic E-state index is 0.0402. The first kappa shape index (κ1) is 21.2. The van der Waals surface area contributed by atoms with Crippen LogP contribution in [0.25, 0.3) is 0 Å². The normalized spacial score (nSPS) is 30.5. The molecule has 1 aromatic rings.